The number of rotatable bonds is 4. The highest BCUT2D eigenvalue weighted by molar-refractivity contribution is 4.48. The van der Waals surface area contributed by atoms with Crippen LogP contribution in [0.15, 0.2) is 0 Å². The predicted molar refractivity (Wildman–Crippen MR) is 35.5 cm³/mol. The van der Waals surface area contributed by atoms with Gasteiger partial charge in [0.05, 0.1) is 6.10 Å². The lowest BCUT2D eigenvalue weighted by molar-refractivity contribution is -0.0975. The molecule has 0 spiro atoms. The number of hydroxylamine groups is 2. The van der Waals surface area contributed by atoms with Crippen LogP contribution in [0.4, 0.5) is 0 Å². The Kier molecular flexibility index (Phi) is 4.67. The van der Waals surface area contributed by atoms with E-state index in [0.29, 0.717) is 13.2 Å². The average molecular weight is 133 g/mol. The van der Waals surface area contributed by atoms with Gasteiger partial charge in [0, 0.05) is 20.2 Å². The van der Waals surface area contributed by atoms with E-state index in [-0.39, 0.29) is 6.10 Å². The molecule has 0 fully saturated rings. The molecule has 0 aromatic rings. The molecule has 0 amide bonds. The molecule has 0 rings (SSSR count). The van der Waals surface area contributed by atoms with Crippen LogP contribution in [-0.4, -0.2) is 36.6 Å². The van der Waals surface area contributed by atoms with Crippen LogP contribution >= 0.6 is 0 Å². The van der Waals surface area contributed by atoms with Gasteiger partial charge < -0.3 is 9.94 Å². The van der Waals surface area contributed by atoms with Crippen LogP contribution in [0.3, 0.4) is 0 Å². The largest absolute Gasteiger partial charge is 0.377 e. The minimum atomic E-state index is 0.116. The maximum atomic E-state index is 8.70. The molecule has 0 radical (unpaired) electrons. The highest BCUT2D eigenvalue weighted by Crippen LogP contribution is 1.90. The first-order chi connectivity index (χ1) is 4.16. The Morgan fingerprint density at radius 1 is 1.67 bits per heavy atom. The van der Waals surface area contributed by atoms with Gasteiger partial charge in [-0.3, -0.25) is 0 Å². The molecule has 0 aliphatic carbocycles. The molecule has 0 aromatic carbocycles. The summed E-state index contributed by atoms with van der Waals surface area (Å²) in [5.74, 6) is 0. The maximum Gasteiger partial charge on any atom is 0.0696 e. The first kappa shape index (κ1) is 8.88. The Balaban J connectivity index is 3.15. The number of nitrogens with zero attached hydrogens (tertiary/aromatic N) is 1. The van der Waals surface area contributed by atoms with E-state index in [4.69, 9.17) is 9.94 Å². The van der Waals surface area contributed by atoms with E-state index in [1.165, 1.54) is 0 Å². The van der Waals surface area contributed by atoms with E-state index in [9.17, 15) is 0 Å². The molecule has 9 heavy (non-hydrogen) atoms. The summed E-state index contributed by atoms with van der Waals surface area (Å²) < 4.78 is 5.15. The van der Waals surface area contributed by atoms with Crippen LogP contribution in [0, 0.1) is 0 Å². The van der Waals surface area contributed by atoms with Gasteiger partial charge >= 0.3 is 0 Å². The second-order valence-electron chi connectivity index (χ2n) is 2.11. The summed E-state index contributed by atoms with van der Waals surface area (Å²) in [6.45, 7) is 5.13. The zero-order valence-corrected chi connectivity index (χ0v) is 6.29. The second kappa shape index (κ2) is 4.73. The summed E-state index contributed by atoms with van der Waals surface area (Å²) in [6, 6.07) is 0. The minimum absolute atomic E-state index is 0.116. The minimum Gasteiger partial charge on any atom is -0.377 e. The second-order valence-corrected chi connectivity index (χ2v) is 2.11. The van der Waals surface area contributed by atoms with E-state index >= 15 is 0 Å². The quantitative estimate of drug-likeness (QED) is 0.574. The van der Waals surface area contributed by atoms with Crippen molar-refractivity contribution in [2.75, 3.05) is 20.2 Å². The van der Waals surface area contributed by atoms with Gasteiger partial charge in [0.2, 0.25) is 0 Å². The Bertz CT molecular complexity index is 66.1. The highest BCUT2D eigenvalue weighted by Gasteiger charge is 2.01. The molecular weight excluding hydrogens is 118 g/mol. The van der Waals surface area contributed by atoms with E-state index in [1.54, 1.807) is 7.05 Å². The van der Waals surface area contributed by atoms with Crippen LogP contribution in [0.2, 0.25) is 0 Å². The monoisotopic (exact) mass is 133 g/mol. The van der Waals surface area contributed by atoms with Crippen molar-refractivity contribution in [2.45, 2.75) is 20.0 Å². The summed E-state index contributed by atoms with van der Waals surface area (Å²) in [6.07, 6.45) is 0.116. The van der Waals surface area contributed by atoms with Crippen LogP contribution in [0.1, 0.15) is 13.8 Å². The summed E-state index contributed by atoms with van der Waals surface area (Å²) in [5.41, 5.74) is 0. The van der Waals surface area contributed by atoms with E-state index < -0.39 is 0 Å². The molecular formula is C6H15NO2. The molecule has 1 unspecified atom stereocenters. The summed E-state index contributed by atoms with van der Waals surface area (Å²) in [4.78, 5) is 0. The Hall–Kier alpha value is -0.120. The number of likely N-dealkylation sites (N-methyl/N-ethyl adjacent to an activating group) is 1. The van der Waals surface area contributed by atoms with E-state index in [0.717, 1.165) is 5.06 Å². The van der Waals surface area contributed by atoms with Crippen LogP contribution in [0.5, 0.6) is 0 Å². The summed E-state index contributed by atoms with van der Waals surface area (Å²) in [5, 5.41) is 9.83. The molecule has 0 heterocycles. The SMILES string of the molecule is CCOC(C)CN(C)O. The van der Waals surface area contributed by atoms with Crippen LogP contribution < -0.4 is 0 Å². The number of hydrogen-bond acceptors (Lipinski definition) is 3. The van der Waals surface area contributed by atoms with Gasteiger partial charge in [-0.2, -0.15) is 5.06 Å². The standard InChI is InChI=1S/C6H15NO2/c1-4-9-6(2)5-7(3)8/h6,8H,4-5H2,1-3H3. The van der Waals surface area contributed by atoms with Crippen molar-refractivity contribution < 1.29 is 9.94 Å². The van der Waals surface area contributed by atoms with Crippen LogP contribution in [-0.2, 0) is 4.74 Å². The lowest BCUT2D eigenvalue weighted by Crippen LogP contribution is -2.26. The normalized spacial score (nSPS) is 14.3. The molecule has 3 nitrogen and oxygen atoms in total. The first-order valence-electron chi connectivity index (χ1n) is 3.18. The fraction of sp³-hybridized carbons (Fsp3) is 1.00. The van der Waals surface area contributed by atoms with Crippen molar-refractivity contribution in [1.29, 1.82) is 0 Å². The molecule has 0 saturated heterocycles. The van der Waals surface area contributed by atoms with Crippen LogP contribution in [0.25, 0.3) is 0 Å². The molecule has 0 aromatic heterocycles. The molecule has 0 bridgehead atoms. The Morgan fingerprint density at radius 2 is 2.22 bits per heavy atom. The third-order valence-electron chi connectivity index (χ3n) is 0.973. The van der Waals surface area contributed by atoms with Gasteiger partial charge in [-0.25, -0.2) is 0 Å². The molecule has 0 saturated carbocycles. The van der Waals surface area contributed by atoms with Crippen molar-refractivity contribution >= 4 is 0 Å². The molecule has 1 atom stereocenters. The third kappa shape index (κ3) is 5.76. The maximum absolute atomic E-state index is 8.70. The van der Waals surface area contributed by atoms with Crippen molar-refractivity contribution in [3.05, 3.63) is 0 Å². The Morgan fingerprint density at radius 3 is 2.56 bits per heavy atom. The molecule has 0 aliphatic heterocycles. The van der Waals surface area contributed by atoms with Crippen molar-refractivity contribution in [3.8, 4) is 0 Å². The van der Waals surface area contributed by atoms with Crippen molar-refractivity contribution in [1.82, 2.24) is 5.06 Å². The van der Waals surface area contributed by atoms with Gasteiger partial charge in [-0.1, -0.05) is 0 Å². The lowest BCUT2D eigenvalue weighted by Gasteiger charge is -2.14. The van der Waals surface area contributed by atoms with Gasteiger partial charge in [0.1, 0.15) is 0 Å². The van der Waals surface area contributed by atoms with E-state index in [2.05, 4.69) is 0 Å². The Labute approximate surface area is 56.2 Å². The first-order valence-corrected chi connectivity index (χ1v) is 3.18. The molecule has 56 valence electrons. The third-order valence-corrected chi connectivity index (χ3v) is 0.973. The fourth-order valence-corrected chi connectivity index (χ4v) is 0.709. The average Bonchev–Trinajstić information content (AvgIpc) is 1.63. The lowest BCUT2D eigenvalue weighted by atomic mass is 10.4. The van der Waals surface area contributed by atoms with Gasteiger partial charge in [0.15, 0.2) is 0 Å². The highest BCUT2D eigenvalue weighted by atomic mass is 16.5. The zero-order chi connectivity index (χ0) is 7.28. The number of ether oxygens (including phenoxy) is 1. The predicted octanol–water partition coefficient (Wildman–Crippen LogP) is 0.732. The van der Waals surface area contributed by atoms with Crippen molar-refractivity contribution in [2.24, 2.45) is 0 Å². The van der Waals surface area contributed by atoms with E-state index in [1.807, 2.05) is 13.8 Å². The smallest absolute Gasteiger partial charge is 0.0696 e. The molecule has 3 heteroatoms. The fourth-order valence-electron chi connectivity index (χ4n) is 0.709. The summed E-state index contributed by atoms with van der Waals surface area (Å²) in [7, 11) is 1.61. The summed E-state index contributed by atoms with van der Waals surface area (Å²) >= 11 is 0. The topological polar surface area (TPSA) is 32.7 Å². The zero-order valence-electron chi connectivity index (χ0n) is 6.29. The number of hydrogen-bond donors (Lipinski definition) is 1. The molecule has 0 aliphatic rings. The van der Waals surface area contributed by atoms with Gasteiger partial charge in [-0.15, -0.1) is 0 Å². The van der Waals surface area contributed by atoms with Gasteiger partial charge in [-0.05, 0) is 13.8 Å². The van der Waals surface area contributed by atoms with Gasteiger partial charge in [0.25, 0.3) is 0 Å². The molecule has 1 N–H and O–H groups in total. The van der Waals surface area contributed by atoms with Crippen molar-refractivity contribution in [3.63, 3.8) is 0 Å².